The summed E-state index contributed by atoms with van der Waals surface area (Å²) in [4.78, 5) is 4.41. The standard InChI is InChI=1S/C16H20N6O4/c1-2-22-10-6-4-3-5-9(10)13-15(22)18-16(21-19-13)20-17-7-11(24)14(26)12(25)8-23/h3-7,11-12,14,23-26H,2,8H2,1H3,(H,18,20,21)/t11-,12+,14+/m0/s1. The number of hydrazone groups is 1. The average Bonchev–Trinajstić information content (AvgIpc) is 2.99. The first-order chi connectivity index (χ1) is 12.6. The molecule has 0 bridgehead atoms. The molecule has 0 spiro atoms. The van der Waals surface area contributed by atoms with E-state index >= 15 is 0 Å². The maximum Gasteiger partial charge on any atom is 0.265 e. The molecule has 0 amide bonds. The lowest BCUT2D eigenvalue weighted by atomic mass is 10.1. The number of aliphatic hydroxyl groups is 4. The van der Waals surface area contributed by atoms with Gasteiger partial charge in [-0.05, 0) is 13.0 Å². The maximum absolute atomic E-state index is 9.68. The molecule has 0 saturated carbocycles. The summed E-state index contributed by atoms with van der Waals surface area (Å²) in [6.07, 6.45) is -3.52. The van der Waals surface area contributed by atoms with E-state index in [9.17, 15) is 15.3 Å². The Kier molecular flexibility index (Phi) is 5.38. The Morgan fingerprint density at radius 3 is 2.73 bits per heavy atom. The third-order valence-corrected chi connectivity index (χ3v) is 4.01. The first kappa shape index (κ1) is 18.1. The zero-order chi connectivity index (χ0) is 18.7. The van der Waals surface area contributed by atoms with E-state index in [1.54, 1.807) is 0 Å². The van der Waals surface area contributed by atoms with Crippen LogP contribution in [0.2, 0.25) is 0 Å². The molecule has 0 radical (unpaired) electrons. The van der Waals surface area contributed by atoms with Gasteiger partial charge in [0.1, 0.15) is 23.8 Å². The van der Waals surface area contributed by atoms with Gasteiger partial charge in [-0.3, -0.25) is 0 Å². The highest BCUT2D eigenvalue weighted by Crippen LogP contribution is 2.25. The van der Waals surface area contributed by atoms with Gasteiger partial charge in [0.05, 0.1) is 18.3 Å². The number of para-hydroxylation sites is 1. The van der Waals surface area contributed by atoms with Crippen LogP contribution in [-0.4, -0.2) is 71.3 Å². The lowest BCUT2D eigenvalue weighted by Gasteiger charge is -2.17. The monoisotopic (exact) mass is 360 g/mol. The number of nitrogens with one attached hydrogen (secondary N) is 1. The molecule has 0 fully saturated rings. The number of aromatic nitrogens is 4. The summed E-state index contributed by atoms with van der Waals surface area (Å²) < 4.78 is 2.00. The molecule has 1 aromatic carbocycles. The summed E-state index contributed by atoms with van der Waals surface area (Å²) in [7, 11) is 0. The van der Waals surface area contributed by atoms with E-state index in [2.05, 4.69) is 25.7 Å². The number of fused-ring (bicyclic) bond motifs is 3. The Morgan fingerprint density at radius 1 is 1.23 bits per heavy atom. The molecule has 26 heavy (non-hydrogen) atoms. The molecular formula is C16H20N6O4. The minimum Gasteiger partial charge on any atom is -0.394 e. The molecule has 2 heterocycles. The Bertz CT molecular complexity index is 928. The molecule has 0 unspecified atom stereocenters. The van der Waals surface area contributed by atoms with Gasteiger partial charge in [-0.25, -0.2) is 5.43 Å². The Balaban J connectivity index is 1.83. The van der Waals surface area contributed by atoms with Gasteiger partial charge in [-0.1, -0.05) is 18.2 Å². The van der Waals surface area contributed by atoms with Gasteiger partial charge in [0.2, 0.25) is 0 Å². The van der Waals surface area contributed by atoms with Crippen LogP contribution in [0, 0.1) is 0 Å². The molecule has 3 atom stereocenters. The van der Waals surface area contributed by atoms with E-state index < -0.39 is 24.9 Å². The van der Waals surface area contributed by atoms with Crippen LogP contribution < -0.4 is 5.43 Å². The molecule has 0 aliphatic carbocycles. The first-order valence-electron chi connectivity index (χ1n) is 8.12. The fourth-order valence-corrected chi connectivity index (χ4v) is 2.67. The highest BCUT2D eigenvalue weighted by Gasteiger charge is 2.22. The number of benzene rings is 1. The number of aliphatic hydroxyl groups excluding tert-OH is 4. The largest absolute Gasteiger partial charge is 0.394 e. The van der Waals surface area contributed by atoms with Crippen LogP contribution in [0.3, 0.4) is 0 Å². The van der Waals surface area contributed by atoms with E-state index in [0.29, 0.717) is 17.7 Å². The second-order valence-corrected chi connectivity index (χ2v) is 5.69. The highest BCUT2D eigenvalue weighted by atomic mass is 16.4. The second kappa shape index (κ2) is 7.70. The van der Waals surface area contributed by atoms with Crippen molar-refractivity contribution in [2.75, 3.05) is 12.0 Å². The molecule has 5 N–H and O–H groups in total. The first-order valence-corrected chi connectivity index (χ1v) is 8.12. The van der Waals surface area contributed by atoms with Crippen molar-refractivity contribution in [2.24, 2.45) is 5.10 Å². The zero-order valence-corrected chi connectivity index (χ0v) is 14.1. The topological polar surface area (TPSA) is 149 Å². The van der Waals surface area contributed by atoms with Gasteiger partial charge in [0, 0.05) is 11.9 Å². The SMILES string of the molecule is CCn1c2ccccc2c2nnc(NN=C[C@H](O)[C@@H](O)[C@H](O)CO)nc21. The predicted octanol–water partition coefficient (Wildman–Crippen LogP) is -0.528. The van der Waals surface area contributed by atoms with Crippen molar-refractivity contribution >= 4 is 34.2 Å². The number of rotatable bonds is 7. The number of anilines is 1. The Morgan fingerprint density at radius 2 is 2.00 bits per heavy atom. The van der Waals surface area contributed by atoms with E-state index in [-0.39, 0.29) is 5.95 Å². The van der Waals surface area contributed by atoms with Gasteiger partial charge in [-0.2, -0.15) is 10.1 Å². The molecule has 3 rings (SSSR count). The number of hydrogen-bond acceptors (Lipinski definition) is 9. The fourth-order valence-electron chi connectivity index (χ4n) is 2.67. The van der Waals surface area contributed by atoms with Crippen molar-refractivity contribution in [1.82, 2.24) is 19.7 Å². The zero-order valence-electron chi connectivity index (χ0n) is 14.1. The number of aryl methyl sites for hydroxylation is 1. The molecule has 0 saturated heterocycles. The van der Waals surface area contributed by atoms with Crippen molar-refractivity contribution in [3.05, 3.63) is 24.3 Å². The highest BCUT2D eigenvalue weighted by molar-refractivity contribution is 6.04. The molecule has 0 aliphatic rings. The van der Waals surface area contributed by atoms with Crippen LogP contribution in [0.1, 0.15) is 6.92 Å². The van der Waals surface area contributed by atoms with Gasteiger partial charge in [0.25, 0.3) is 5.95 Å². The van der Waals surface area contributed by atoms with Crippen LogP contribution in [0.4, 0.5) is 5.95 Å². The lowest BCUT2D eigenvalue weighted by Crippen LogP contribution is -2.40. The van der Waals surface area contributed by atoms with Crippen molar-refractivity contribution in [2.45, 2.75) is 31.8 Å². The molecule has 10 nitrogen and oxygen atoms in total. The van der Waals surface area contributed by atoms with E-state index in [0.717, 1.165) is 17.1 Å². The van der Waals surface area contributed by atoms with Gasteiger partial charge < -0.3 is 25.0 Å². The van der Waals surface area contributed by atoms with Crippen molar-refractivity contribution in [1.29, 1.82) is 0 Å². The quantitative estimate of drug-likeness (QED) is 0.279. The van der Waals surface area contributed by atoms with E-state index in [4.69, 9.17) is 5.11 Å². The molecule has 138 valence electrons. The third-order valence-electron chi connectivity index (χ3n) is 4.01. The van der Waals surface area contributed by atoms with E-state index in [1.807, 2.05) is 35.8 Å². The molecular weight excluding hydrogens is 340 g/mol. The summed E-state index contributed by atoms with van der Waals surface area (Å²) >= 11 is 0. The smallest absolute Gasteiger partial charge is 0.265 e. The summed E-state index contributed by atoms with van der Waals surface area (Å²) in [5, 5.41) is 50.1. The van der Waals surface area contributed by atoms with Gasteiger partial charge >= 0.3 is 0 Å². The van der Waals surface area contributed by atoms with Crippen molar-refractivity contribution in [3.63, 3.8) is 0 Å². The van der Waals surface area contributed by atoms with Crippen molar-refractivity contribution < 1.29 is 20.4 Å². The summed E-state index contributed by atoms with van der Waals surface area (Å²) in [5.74, 6) is 0.121. The number of nitrogens with zero attached hydrogens (tertiary/aromatic N) is 5. The van der Waals surface area contributed by atoms with Crippen LogP contribution in [0.5, 0.6) is 0 Å². The van der Waals surface area contributed by atoms with E-state index in [1.165, 1.54) is 0 Å². The molecule has 2 aromatic heterocycles. The van der Waals surface area contributed by atoms with Gasteiger partial charge in [-0.15, -0.1) is 10.2 Å². The minimum absolute atomic E-state index is 0.121. The minimum atomic E-state index is -1.56. The predicted molar refractivity (Wildman–Crippen MR) is 95.7 cm³/mol. The summed E-state index contributed by atoms with van der Waals surface area (Å²) in [6, 6.07) is 7.80. The average molecular weight is 360 g/mol. The normalized spacial score (nSPS) is 15.6. The fraction of sp³-hybridized carbons (Fsp3) is 0.375. The maximum atomic E-state index is 9.68. The summed E-state index contributed by atoms with van der Waals surface area (Å²) in [5.41, 5.74) is 4.86. The second-order valence-electron chi connectivity index (χ2n) is 5.69. The Hall–Kier alpha value is -2.66. The lowest BCUT2D eigenvalue weighted by molar-refractivity contribution is -0.0541. The molecule has 0 aliphatic heterocycles. The van der Waals surface area contributed by atoms with Crippen LogP contribution >= 0.6 is 0 Å². The van der Waals surface area contributed by atoms with Crippen LogP contribution in [0.25, 0.3) is 22.1 Å². The number of hydrogen-bond donors (Lipinski definition) is 5. The van der Waals surface area contributed by atoms with Crippen LogP contribution in [0.15, 0.2) is 29.4 Å². The van der Waals surface area contributed by atoms with Crippen LogP contribution in [-0.2, 0) is 6.54 Å². The van der Waals surface area contributed by atoms with Crippen molar-refractivity contribution in [3.8, 4) is 0 Å². The van der Waals surface area contributed by atoms with Gasteiger partial charge in [0.15, 0.2) is 5.65 Å². The Labute approximate surface area is 148 Å². The molecule has 3 aromatic rings. The molecule has 10 heteroatoms. The third kappa shape index (κ3) is 3.35. The summed E-state index contributed by atoms with van der Waals surface area (Å²) in [6.45, 7) is 2.03.